The number of carbonyl (C=O) groups is 2. The summed E-state index contributed by atoms with van der Waals surface area (Å²) in [7, 11) is 2.91. The second-order valence-corrected chi connectivity index (χ2v) is 6.84. The summed E-state index contributed by atoms with van der Waals surface area (Å²) in [6.07, 6.45) is 5.90. The van der Waals surface area contributed by atoms with Crippen LogP contribution in [0.1, 0.15) is 31.8 Å². The van der Waals surface area contributed by atoms with E-state index >= 15 is 0 Å². The van der Waals surface area contributed by atoms with E-state index in [2.05, 4.69) is 0 Å². The Morgan fingerprint density at radius 1 is 0.688 bits per heavy atom. The summed E-state index contributed by atoms with van der Waals surface area (Å²) in [5.41, 5.74) is 1.99. The molecule has 0 aliphatic heterocycles. The number of methoxy groups -OCH3 is 2. The lowest BCUT2D eigenvalue weighted by molar-refractivity contribution is 0.104. The molecular weight excluding hydrogens is 408 g/mol. The van der Waals surface area contributed by atoms with Gasteiger partial charge in [-0.1, -0.05) is 42.5 Å². The van der Waals surface area contributed by atoms with Crippen LogP contribution >= 0.6 is 0 Å². The number of carbonyl (C=O) groups excluding carboxylic acids is 2. The Morgan fingerprint density at radius 3 is 1.50 bits per heavy atom. The van der Waals surface area contributed by atoms with Gasteiger partial charge in [-0.15, -0.1) is 0 Å². The number of phenolic OH excluding ortho intramolecular Hbond substituents is 2. The van der Waals surface area contributed by atoms with Gasteiger partial charge in [0.1, 0.15) is 0 Å². The van der Waals surface area contributed by atoms with Crippen molar-refractivity contribution in [2.75, 3.05) is 14.2 Å². The van der Waals surface area contributed by atoms with Crippen LogP contribution in [-0.2, 0) is 0 Å². The van der Waals surface area contributed by atoms with Crippen LogP contribution < -0.4 is 9.47 Å². The van der Waals surface area contributed by atoms with Gasteiger partial charge < -0.3 is 19.7 Å². The lowest BCUT2D eigenvalue weighted by Crippen LogP contribution is -1.99. The highest BCUT2D eigenvalue weighted by atomic mass is 16.5. The minimum absolute atomic E-state index is 0.0216. The van der Waals surface area contributed by atoms with E-state index in [0.717, 1.165) is 0 Å². The Labute approximate surface area is 185 Å². The maximum absolute atomic E-state index is 12.5. The predicted molar refractivity (Wildman–Crippen MR) is 122 cm³/mol. The molecule has 0 aliphatic rings. The molecule has 3 rings (SSSR count). The summed E-state index contributed by atoms with van der Waals surface area (Å²) in [5.74, 6) is 0.0894. The van der Waals surface area contributed by atoms with Gasteiger partial charge >= 0.3 is 0 Å². The monoisotopic (exact) mass is 430 g/mol. The van der Waals surface area contributed by atoms with Crippen molar-refractivity contribution in [3.05, 3.63) is 95.1 Å². The third kappa shape index (κ3) is 5.43. The molecule has 0 saturated heterocycles. The summed E-state index contributed by atoms with van der Waals surface area (Å²) in [4.78, 5) is 25.1. The third-order valence-electron chi connectivity index (χ3n) is 4.69. The summed E-state index contributed by atoms with van der Waals surface area (Å²) >= 11 is 0. The molecule has 0 radical (unpaired) electrons. The van der Waals surface area contributed by atoms with E-state index in [1.807, 2.05) is 0 Å². The smallest absolute Gasteiger partial charge is 0.185 e. The number of ketones is 2. The molecule has 0 atom stereocenters. The minimum atomic E-state index is -0.279. The molecule has 32 heavy (non-hydrogen) atoms. The van der Waals surface area contributed by atoms with Gasteiger partial charge in [0.05, 0.1) is 14.2 Å². The Balaban J connectivity index is 1.72. The number of rotatable bonds is 8. The van der Waals surface area contributed by atoms with Crippen molar-refractivity contribution in [2.24, 2.45) is 0 Å². The van der Waals surface area contributed by atoms with Crippen molar-refractivity contribution < 1.29 is 29.3 Å². The SMILES string of the molecule is COc1ccc(C=CC(=O)c2cccc(C(=O)C=Cc3ccc(OC)c(O)c3)c2)cc1O. The van der Waals surface area contributed by atoms with Crippen LogP contribution in [-0.4, -0.2) is 36.0 Å². The molecule has 0 unspecified atom stereocenters. The van der Waals surface area contributed by atoms with Gasteiger partial charge in [0, 0.05) is 11.1 Å². The maximum atomic E-state index is 12.5. The highest BCUT2D eigenvalue weighted by Gasteiger charge is 2.08. The standard InChI is InChI=1S/C26H22O6/c1-31-25-12-8-17(14-23(25)29)6-10-21(27)19-4-3-5-20(16-19)22(28)11-7-18-9-13-26(32-2)24(30)15-18/h3-16,29-30H,1-2H3. The second kappa shape index (κ2) is 10.1. The van der Waals surface area contributed by atoms with Crippen molar-refractivity contribution in [1.82, 2.24) is 0 Å². The van der Waals surface area contributed by atoms with Crippen molar-refractivity contribution >= 4 is 23.7 Å². The van der Waals surface area contributed by atoms with Gasteiger partial charge in [-0.3, -0.25) is 9.59 Å². The van der Waals surface area contributed by atoms with E-state index in [9.17, 15) is 19.8 Å². The van der Waals surface area contributed by atoms with E-state index in [1.54, 1.807) is 54.6 Å². The first-order chi connectivity index (χ1) is 15.4. The van der Waals surface area contributed by atoms with Crippen LogP contribution in [0.3, 0.4) is 0 Å². The lowest BCUT2D eigenvalue weighted by Gasteiger charge is -2.04. The Kier molecular flexibility index (Phi) is 7.08. The van der Waals surface area contributed by atoms with Gasteiger partial charge in [-0.25, -0.2) is 0 Å². The third-order valence-corrected chi connectivity index (χ3v) is 4.69. The average Bonchev–Trinajstić information content (AvgIpc) is 2.81. The fourth-order valence-electron chi connectivity index (χ4n) is 2.98. The Morgan fingerprint density at radius 2 is 1.12 bits per heavy atom. The summed E-state index contributed by atoms with van der Waals surface area (Å²) in [6, 6.07) is 16.0. The van der Waals surface area contributed by atoms with Crippen molar-refractivity contribution in [3.63, 3.8) is 0 Å². The molecule has 0 aliphatic carbocycles. The Hall–Kier alpha value is -4.32. The molecule has 2 N–H and O–H groups in total. The molecule has 6 heteroatoms. The lowest BCUT2D eigenvalue weighted by atomic mass is 10.0. The molecule has 0 aromatic heterocycles. The summed E-state index contributed by atoms with van der Waals surface area (Å²) in [6.45, 7) is 0. The molecule has 0 fully saturated rings. The number of benzene rings is 3. The number of allylic oxidation sites excluding steroid dienone is 2. The normalized spacial score (nSPS) is 11.1. The molecule has 3 aromatic carbocycles. The van der Waals surface area contributed by atoms with E-state index in [-0.39, 0.29) is 23.1 Å². The van der Waals surface area contributed by atoms with E-state index < -0.39 is 0 Å². The molecule has 6 nitrogen and oxygen atoms in total. The molecular formula is C26H22O6. The second-order valence-electron chi connectivity index (χ2n) is 6.84. The molecule has 0 saturated carbocycles. The molecule has 162 valence electrons. The van der Waals surface area contributed by atoms with Crippen molar-refractivity contribution in [1.29, 1.82) is 0 Å². The van der Waals surface area contributed by atoms with Crippen LogP contribution in [0, 0.1) is 0 Å². The molecule has 0 spiro atoms. The van der Waals surface area contributed by atoms with Crippen LogP contribution in [0.2, 0.25) is 0 Å². The van der Waals surface area contributed by atoms with Gasteiger partial charge in [0.2, 0.25) is 0 Å². The zero-order valence-electron chi connectivity index (χ0n) is 17.6. The number of hydrogen-bond acceptors (Lipinski definition) is 6. The first kappa shape index (κ1) is 22.4. The largest absolute Gasteiger partial charge is 0.504 e. The summed E-state index contributed by atoms with van der Waals surface area (Å²) < 4.78 is 10.00. The fraction of sp³-hybridized carbons (Fsp3) is 0.0769. The first-order valence-corrected chi connectivity index (χ1v) is 9.70. The Bertz CT molecular complexity index is 1120. The number of phenols is 2. The zero-order valence-corrected chi connectivity index (χ0v) is 17.6. The van der Waals surface area contributed by atoms with Crippen LogP contribution in [0.15, 0.2) is 72.8 Å². The number of ether oxygens (including phenoxy) is 2. The topological polar surface area (TPSA) is 93.1 Å². The molecule has 3 aromatic rings. The van der Waals surface area contributed by atoms with Crippen molar-refractivity contribution in [2.45, 2.75) is 0 Å². The highest BCUT2D eigenvalue weighted by Crippen LogP contribution is 2.27. The van der Waals surface area contributed by atoms with Gasteiger partial charge in [0.25, 0.3) is 0 Å². The van der Waals surface area contributed by atoms with Crippen LogP contribution in [0.5, 0.6) is 23.0 Å². The highest BCUT2D eigenvalue weighted by molar-refractivity contribution is 6.11. The molecule has 0 bridgehead atoms. The number of aromatic hydroxyl groups is 2. The summed E-state index contributed by atoms with van der Waals surface area (Å²) in [5, 5.41) is 19.7. The quantitative estimate of drug-likeness (QED) is 0.390. The van der Waals surface area contributed by atoms with Crippen LogP contribution in [0.25, 0.3) is 12.2 Å². The van der Waals surface area contributed by atoms with E-state index in [1.165, 1.54) is 44.6 Å². The van der Waals surface area contributed by atoms with Gasteiger partial charge in [-0.2, -0.15) is 0 Å². The molecule has 0 amide bonds. The van der Waals surface area contributed by atoms with E-state index in [0.29, 0.717) is 33.8 Å². The van der Waals surface area contributed by atoms with Crippen molar-refractivity contribution in [3.8, 4) is 23.0 Å². The van der Waals surface area contributed by atoms with E-state index in [4.69, 9.17) is 9.47 Å². The van der Waals surface area contributed by atoms with Crippen LogP contribution in [0.4, 0.5) is 0 Å². The average molecular weight is 430 g/mol. The number of hydrogen-bond donors (Lipinski definition) is 2. The van der Waals surface area contributed by atoms with Gasteiger partial charge in [-0.05, 0) is 53.6 Å². The predicted octanol–water partition coefficient (Wildman–Crippen LogP) is 4.91. The zero-order chi connectivity index (χ0) is 23.1. The minimum Gasteiger partial charge on any atom is -0.504 e. The molecule has 0 heterocycles. The maximum Gasteiger partial charge on any atom is 0.185 e. The fourth-order valence-corrected chi connectivity index (χ4v) is 2.98. The van der Waals surface area contributed by atoms with Gasteiger partial charge in [0.15, 0.2) is 34.6 Å². The first-order valence-electron chi connectivity index (χ1n) is 9.70.